The third-order valence-corrected chi connectivity index (χ3v) is 8.88. The van der Waals surface area contributed by atoms with Crippen molar-refractivity contribution in [2.75, 3.05) is 46.5 Å². The highest BCUT2D eigenvalue weighted by Gasteiger charge is 2.29. The smallest absolute Gasteiger partial charge is 0.243 e. The summed E-state index contributed by atoms with van der Waals surface area (Å²) in [6.07, 6.45) is 5.66. The third-order valence-electron chi connectivity index (χ3n) is 5.78. The molecule has 0 aromatic heterocycles. The van der Waals surface area contributed by atoms with E-state index in [0.29, 0.717) is 35.8 Å². The maximum atomic E-state index is 13.2. The van der Waals surface area contributed by atoms with Gasteiger partial charge in [-0.15, -0.1) is 0 Å². The Kier molecular flexibility index (Phi) is 7.84. The minimum atomic E-state index is -3.50. The molecule has 0 radical (unpaired) electrons. The van der Waals surface area contributed by atoms with E-state index >= 15 is 0 Å². The van der Waals surface area contributed by atoms with Crippen molar-refractivity contribution < 1.29 is 8.42 Å². The topological polar surface area (TPSA) is 77.0 Å². The Labute approximate surface area is 179 Å². The molecule has 0 amide bonds. The zero-order valence-corrected chi connectivity index (χ0v) is 19.2. The van der Waals surface area contributed by atoms with Gasteiger partial charge in [0.05, 0.1) is 4.90 Å². The van der Waals surface area contributed by atoms with E-state index in [-0.39, 0.29) is 0 Å². The quantitative estimate of drug-likeness (QED) is 0.518. The lowest BCUT2D eigenvalue weighted by Gasteiger charge is -2.32. The van der Waals surface area contributed by atoms with E-state index < -0.39 is 10.0 Å². The van der Waals surface area contributed by atoms with Crippen LogP contribution in [0, 0.1) is 0 Å². The minimum absolute atomic E-state index is 0.385. The van der Waals surface area contributed by atoms with Gasteiger partial charge < -0.3 is 15.5 Å². The standard InChI is InChI=1S/C20H33N5O2S2/c1-21-20(23-17-8-9-18(14-17)28-3)22-15-16-6-4-5-7-19(16)29(26,27)25-12-10-24(2)11-13-25/h4-7,17-18H,8-15H2,1-3H3,(H2,21,22,23). The van der Waals surface area contributed by atoms with Crippen molar-refractivity contribution in [2.45, 2.75) is 42.0 Å². The van der Waals surface area contributed by atoms with E-state index in [1.807, 2.05) is 30.9 Å². The van der Waals surface area contributed by atoms with Crippen LogP contribution in [0.15, 0.2) is 34.2 Å². The van der Waals surface area contributed by atoms with E-state index in [1.54, 1.807) is 23.5 Å². The number of likely N-dealkylation sites (N-methyl/N-ethyl adjacent to an activating group) is 1. The van der Waals surface area contributed by atoms with Crippen LogP contribution in [0.3, 0.4) is 0 Å². The molecule has 2 N–H and O–H groups in total. The second-order valence-corrected chi connectivity index (χ2v) is 10.8. The molecule has 1 aliphatic carbocycles. The lowest BCUT2D eigenvalue weighted by Crippen LogP contribution is -2.47. The number of rotatable bonds is 6. The van der Waals surface area contributed by atoms with E-state index in [1.165, 1.54) is 6.42 Å². The van der Waals surface area contributed by atoms with Gasteiger partial charge in [-0.05, 0) is 44.2 Å². The Morgan fingerprint density at radius 3 is 2.59 bits per heavy atom. The van der Waals surface area contributed by atoms with Crippen LogP contribution in [-0.2, 0) is 16.6 Å². The molecule has 1 saturated heterocycles. The van der Waals surface area contributed by atoms with Crippen LogP contribution in [0.2, 0.25) is 0 Å². The fraction of sp³-hybridized carbons (Fsp3) is 0.650. The molecular formula is C20H33N5O2S2. The molecule has 2 aliphatic rings. The normalized spacial score (nSPS) is 24.6. The SMILES string of the molecule is CN=C(NCc1ccccc1S(=O)(=O)N1CCN(C)CC1)NC1CCC(SC)C1. The first kappa shape index (κ1) is 22.4. The van der Waals surface area contributed by atoms with Gasteiger partial charge in [-0.3, -0.25) is 4.99 Å². The number of piperazine rings is 1. The molecule has 0 bridgehead atoms. The molecule has 1 aromatic rings. The fourth-order valence-corrected chi connectivity index (χ4v) is 6.36. The Hall–Kier alpha value is -1.29. The zero-order valence-electron chi connectivity index (χ0n) is 17.6. The van der Waals surface area contributed by atoms with Gasteiger partial charge in [0.1, 0.15) is 0 Å². The molecule has 9 heteroatoms. The van der Waals surface area contributed by atoms with Crippen LogP contribution in [0.1, 0.15) is 24.8 Å². The molecule has 2 fully saturated rings. The van der Waals surface area contributed by atoms with Crippen LogP contribution in [0.5, 0.6) is 0 Å². The average molecular weight is 440 g/mol. The first-order valence-electron chi connectivity index (χ1n) is 10.2. The van der Waals surface area contributed by atoms with Crippen molar-refractivity contribution in [1.29, 1.82) is 0 Å². The Bertz CT molecular complexity index is 807. The van der Waals surface area contributed by atoms with E-state index in [4.69, 9.17) is 0 Å². The minimum Gasteiger partial charge on any atom is -0.354 e. The summed E-state index contributed by atoms with van der Waals surface area (Å²) in [5, 5.41) is 7.50. The number of nitrogens with zero attached hydrogens (tertiary/aromatic N) is 3. The van der Waals surface area contributed by atoms with E-state index in [9.17, 15) is 8.42 Å². The number of thioether (sulfide) groups is 1. The highest BCUT2D eigenvalue weighted by molar-refractivity contribution is 7.99. The molecule has 1 aromatic carbocycles. The summed E-state index contributed by atoms with van der Waals surface area (Å²) in [6.45, 7) is 3.00. The average Bonchev–Trinajstić information content (AvgIpc) is 3.19. The Morgan fingerprint density at radius 2 is 1.93 bits per heavy atom. The van der Waals surface area contributed by atoms with Crippen LogP contribution in [0.4, 0.5) is 0 Å². The van der Waals surface area contributed by atoms with Crippen LogP contribution >= 0.6 is 11.8 Å². The number of hydrogen-bond acceptors (Lipinski definition) is 5. The van der Waals surface area contributed by atoms with Crippen molar-refractivity contribution in [3.8, 4) is 0 Å². The zero-order chi connectivity index (χ0) is 20.9. The van der Waals surface area contributed by atoms with Gasteiger partial charge in [-0.25, -0.2) is 8.42 Å². The summed E-state index contributed by atoms with van der Waals surface area (Å²) < 4.78 is 28.0. The van der Waals surface area contributed by atoms with Gasteiger partial charge in [0.2, 0.25) is 10.0 Å². The van der Waals surface area contributed by atoms with E-state index in [2.05, 4.69) is 26.8 Å². The number of hydrogen-bond donors (Lipinski definition) is 2. The predicted molar refractivity (Wildman–Crippen MR) is 121 cm³/mol. The Morgan fingerprint density at radius 1 is 1.21 bits per heavy atom. The van der Waals surface area contributed by atoms with Crippen molar-refractivity contribution in [3.05, 3.63) is 29.8 Å². The molecule has 1 aliphatic heterocycles. The molecule has 0 spiro atoms. The Balaban J connectivity index is 1.66. The third kappa shape index (κ3) is 5.65. The summed E-state index contributed by atoms with van der Waals surface area (Å²) in [5.74, 6) is 0.726. The van der Waals surface area contributed by atoms with Crippen molar-refractivity contribution in [1.82, 2.24) is 19.8 Å². The molecule has 7 nitrogen and oxygen atoms in total. The van der Waals surface area contributed by atoms with Gasteiger partial charge in [0.15, 0.2) is 5.96 Å². The maximum Gasteiger partial charge on any atom is 0.243 e. The fourth-order valence-electron chi connectivity index (χ4n) is 3.92. The number of guanidine groups is 1. The van der Waals surface area contributed by atoms with Gasteiger partial charge >= 0.3 is 0 Å². The lowest BCUT2D eigenvalue weighted by atomic mass is 10.2. The predicted octanol–water partition coefficient (Wildman–Crippen LogP) is 1.57. The van der Waals surface area contributed by atoms with Crippen LogP contribution in [0.25, 0.3) is 0 Å². The van der Waals surface area contributed by atoms with Gasteiger partial charge in [0, 0.05) is 51.1 Å². The number of aliphatic imine (C=N–C) groups is 1. The first-order valence-corrected chi connectivity index (χ1v) is 12.9. The monoisotopic (exact) mass is 439 g/mol. The largest absolute Gasteiger partial charge is 0.354 e. The molecule has 3 rings (SSSR count). The summed E-state index contributed by atoms with van der Waals surface area (Å²) >= 11 is 1.92. The molecule has 2 unspecified atom stereocenters. The highest BCUT2D eigenvalue weighted by Crippen LogP contribution is 2.28. The summed E-state index contributed by atoms with van der Waals surface area (Å²) in [7, 11) is 0.273. The van der Waals surface area contributed by atoms with Gasteiger partial charge in [0.25, 0.3) is 0 Å². The van der Waals surface area contributed by atoms with Crippen molar-refractivity contribution >= 4 is 27.7 Å². The maximum absolute atomic E-state index is 13.2. The second-order valence-electron chi connectivity index (χ2n) is 7.75. The number of benzene rings is 1. The molecule has 162 valence electrons. The summed E-state index contributed by atoms with van der Waals surface area (Å²) in [5.41, 5.74) is 0.766. The molecule has 2 atom stereocenters. The molecule has 1 saturated carbocycles. The summed E-state index contributed by atoms with van der Waals surface area (Å²) in [6, 6.07) is 7.68. The first-order chi connectivity index (χ1) is 13.9. The molecule has 29 heavy (non-hydrogen) atoms. The van der Waals surface area contributed by atoms with Gasteiger partial charge in [-0.1, -0.05) is 18.2 Å². The van der Waals surface area contributed by atoms with Crippen molar-refractivity contribution in [2.24, 2.45) is 4.99 Å². The van der Waals surface area contributed by atoms with E-state index in [0.717, 1.165) is 37.5 Å². The highest BCUT2D eigenvalue weighted by atomic mass is 32.2. The van der Waals surface area contributed by atoms with Crippen LogP contribution in [-0.4, -0.2) is 81.4 Å². The molecular weight excluding hydrogens is 406 g/mol. The second kappa shape index (κ2) is 10.1. The van der Waals surface area contributed by atoms with Gasteiger partial charge in [-0.2, -0.15) is 16.1 Å². The lowest BCUT2D eigenvalue weighted by molar-refractivity contribution is 0.222. The number of nitrogens with one attached hydrogen (secondary N) is 2. The number of sulfonamides is 1. The van der Waals surface area contributed by atoms with Crippen LogP contribution < -0.4 is 10.6 Å². The summed E-state index contributed by atoms with van der Waals surface area (Å²) in [4.78, 5) is 6.87. The van der Waals surface area contributed by atoms with Crippen molar-refractivity contribution in [3.63, 3.8) is 0 Å². The molecule has 1 heterocycles.